The van der Waals surface area contributed by atoms with E-state index in [1.54, 1.807) is 11.3 Å². The quantitative estimate of drug-likeness (QED) is 0.784. The normalized spacial score (nSPS) is 11.2. The summed E-state index contributed by atoms with van der Waals surface area (Å²) in [4.78, 5) is 9.68. The molecule has 0 spiro atoms. The van der Waals surface area contributed by atoms with Crippen molar-refractivity contribution in [3.05, 3.63) is 41.3 Å². The Balaban J connectivity index is 2.24. The molecule has 2 N–H and O–H groups in total. The number of nitrogens with two attached hydrogens (primary N) is 1. The van der Waals surface area contributed by atoms with Crippen molar-refractivity contribution in [1.29, 1.82) is 0 Å². The maximum absolute atomic E-state index is 5.69. The van der Waals surface area contributed by atoms with E-state index in [0.29, 0.717) is 6.54 Å². The Morgan fingerprint density at radius 1 is 1.33 bits per heavy atom. The van der Waals surface area contributed by atoms with Crippen molar-refractivity contribution < 1.29 is 0 Å². The number of nitrogens with zero attached hydrogens (tertiary/aromatic N) is 3. The molecule has 3 aromatic heterocycles. The van der Waals surface area contributed by atoms with Crippen molar-refractivity contribution in [2.45, 2.75) is 13.3 Å². The highest BCUT2D eigenvalue weighted by Crippen LogP contribution is 2.28. The number of hydrogen-bond acceptors (Lipinski definition) is 4. The maximum Gasteiger partial charge on any atom is 0.194 e. The van der Waals surface area contributed by atoms with E-state index < -0.39 is 0 Å². The zero-order valence-corrected chi connectivity index (χ0v) is 10.9. The first-order valence-corrected chi connectivity index (χ1v) is 6.75. The summed E-state index contributed by atoms with van der Waals surface area (Å²) < 4.78 is 2.21. The predicted molar refractivity (Wildman–Crippen MR) is 73.8 cm³/mol. The van der Waals surface area contributed by atoms with Gasteiger partial charge in [-0.25, -0.2) is 4.98 Å². The van der Waals surface area contributed by atoms with Gasteiger partial charge in [-0.15, -0.1) is 11.3 Å². The van der Waals surface area contributed by atoms with E-state index in [1.165, 1.54) is 11.4 Å². The van der Waals surface area contributed by atoms with Crippen LogP contribution in [0.3, 0.4) is 0 Å². The summed E-state index contributed by atoms with van der Waals surface area (Å²) in [5.41, 5.74) is 10.3. The minimum absolute atomic E-state index is 0.639. The van der Waals surface area contributed by atoms with Crippen LogP contribution in [-0.2, 0) is 6.42 Å². The second-order valence-corrected chi connectivity index (χ2v) is 4.99. The Morgan fingerprint density at radius 2 is 2.11 bits per heavy atom. The summed E-state index contributed by atoms with van der Waals surface area (Å²) in [7, 11) is 0. The number of aromatic nitrogens is 3. The van der Waals surface area contributed by atoms with Crippen LogP contribution in [0.15, 0.2) is 29.9 Å². The molecule has 18 heavy (non-hydrogen) atoms. The first kappa shape index (κ1) is 11.4. The van der Waals surface area contributed by atoms with Gasteiger partial charge in [0.2, 0.25) is 0 Å². The number of imidazole rings is 1. The maximum atomic E-state index is 5.69. The molecule has 0 unspecified atom stereocenters. The SMILES string of the molecule is Cc1nc2scc(-c3ccncc3)n2c1CCN. The fourth-order valence-corrected chi connectivity index (χ4v) is 3.14. The first-order chi connectivity index (χ1) is 8.81. The fourth-order valence-electron chi connectivity index (χ4n) is 2.17. The van der Waals surface area contributed by atoms with Crippen molar-refractivity contribution >= 4 is 16.3 Å². The molecule has 3 heterocycles. The molecule has 0 aliphatic carbocycles. The topological polar surface area (TPSA) is 56.2 Å². The zero-order valence-electron chi connectivity index (χ0n) is 10.1. The Bertz CT molecular complexity index is 669. The molecule has 0 atom stereocenters. The lowest BCUT2D eigenvalue weighted by Gasteiger charge is -2.04. The number of pyridine rings is 1. The summed E-state index contributed by atoms with van der Waals surface area (Å²) >= 11 is 1.66. The van der Waals surface area contributed by atoms with Gasteiger partial charge in [0.05, 0.1) is 11.4 Å². The standard InChI is InChI=1S/C13H14N4S/c1-9-11(2-5-14)17-12(8-18-13(17)16-9)10-3-6-15-7-4-10/h3-4,6-8H,2,5,14H2,1H3. The van der Waals surface area contributed by atoms with E-state index in [2.05, 4.69) is 19.7 Å². The Kier molecular flexibility index (Phi) is 2.85. The Hall–Kier alpha value is -1.72. The van der Waals surface area contributed by atoms with Crippen LogP contribution >= 0.6 is 11.3 Å². The lowest BCUT2D eigenvalue weighted by molar-refractivity contribution is 0.899. The van der Waals surface area contributed by atoms with Crippen LogP contribution in [0.2, 0.25) is 0 Å². The van der Waals surface area contributed by atoms with Gasteiger partial charge in [0.1, 0.15) is 0 Å². The molecule has 0 saturated heterocycles. The van der Waals surface area contributed by atoms with E-state index in [0.717, 1.165) is 22.6 Å². The number of aryl methyl sites for hydroxylation is 1. The van der Waals surface area contributed by atoms with E-state index >= 15 is 0 Å². The lowest BCUT2D eigenvalue weighted by atomic mass is 10.2. The predicted octanol–water partition coefficient (Wildman–Crippen LogP) is 2.27. The molecule has 0 aliphatic heterocycles. The molecule has 0 aromatic carbocycles. The van der Waals surface area contributed by atoms with Crippen molar-refractivity contribution in [3.8, 4) is 11.3 Å². The molecular formula is C13H14N4S. The average Bonchev–Trinajstić information content (AvgIpc) is 2.92. The monoisotopic (exact) mass is 258 g/mol. The molecule has 0 saturated carbocycles. The summed E-state index contributed by atoms with van der Waals surface area (Å²) in [6, 6.07) is 4.03. The number of thiazole rings is 1. The molecule has 5 heteroatoms. The van der Waals surface area contributed by atoms with E-state index in [-0.39, 0.29) is 0 Å². The summed E-state index contributed by atoms with van der Waals surface area (Å²) in [6.07, 6.45) is 4.47. The van der Waals surface area contributed by atoms with Gasteiger partial charge in [0.15, 0.2) is 4.96 Å². The van der Waals surface area contributed by atoms with Crippen LogP contribution in [0, 0.1) is 6.92 Å². The van der Waals surface area contributed by atoms with Gasteiger partial charge < -0.3 is 5.73 Å². The third-order valence-corrected chi connectivity index (χ3v) is 3.84. The molecule has 0 fully saturated rings. The summed E-state index contributed by atoms with van der Waals surface area (Å²) in [6.45, 7) is 2.68. The largest absolute Gasteiger partial charge is 0.330 e. The van der Waals surface area contributed by atoms with Crippen LogP contribution in [0.25, 0.3) is 16.2 Å². The molecule has 3 aromatic rings. The highest BCUT2D eigenvalue weighted by atomic mass is 32.1. The van der Waals surface area contributed by atoms with E-state index in [9.17, 15) is 0 Å². The van der Waals surface area contributed by atoms with Crippen LogP contribution < -0.4 is 5.73 Å². The van der Waals surface area contributed by atoms with Gasteiger partial charge in [0.25, 0.3) is 0 Å². The van der Waals surface area contributed by atoms with Crippen molar-refractivity contribution in [3.63, 3.8) is 0 Å². The highest BCUT2D eigenvalue weighted by Gasteiger charge is 2.14. The van der Waals surface area contributed by atoms with Crippen LogP contribution in [0.1, 0.15) is 11.4 Å². The second-order valence-electron chi connectivity index (χ2n) is 4.16. The van der Waals surface area contributed by atoms with Gasteiger partial charge in [-0.05, 0) is 25.6 Å². The van der Waals surface area contributed by atoms with E-state index in [1.807, 2.05) is 31.5 Å². The van der Waals surface area contributed by atoms with Gasteiger partial charge in [0, 0.05) is 35.5 Å². The first-order valence-electron chi connectivity index (χ1n) is 5.87. The van der Waals surface area contributed by atoms with Crippen LogP contribution in [0.4, 0.5) is 0 Å². The van der Waals surface area contributed by atoms with Gasteiger partial charge in [-0.1, -0.05) is 0 Å². The van der Waals surface area contributed by atoms with Crippen molar-refractivity contribution in [2.24, 2.45) is 5.73 Å². The Labute approximate surface area is 109 Å². The highest BCUT2D eigenvalue weighted by molar-refractivity contribution is 7.15. The molecule has 0 amide bonds. The molecule has 3 rings (SSSR count). The second kappa shape index (κ2) is 4.51. The van der Waals surface area contributed by atoms with Crippen molar-refractivity contribution in [1.82, 2.24) is 14.4 Å². The molecule has 0 radical (unpaired) electrons. The number of hydrogen-bond donors (Lipinski definition) is 1. The molecule has 92 valence electrons. The van der Waals surface area contributed by atoms with Crippen molar-refractivity contribution in [2.75, 3.05) is 6.54 Å². The van der Waals surface area contributed by atoms with Crippen LogP contribution in [-0.4, -0.2) is 20.9 Å². The third kappa shape index (κ3) is 1.72. The third-order valence-electron chi connectivity index (χ3n) is 3.02. The zero-order chi connectivity index (χ0) is 12.5. The van der Waals surface area contributed by atoms with E-state index in [4.69, 9.17) is 5.73 Å². The molecular weight excluding hydrogens is 244 g/mol. The van der Waals surface area contributed by atoms with Gasteiger partial charge >= 0.3 is 0 Å². The average molecular weight is 258 g/mol. The lowest BCUT2D eigenvalue weighted by Crippen LogP contribution is -2.06. The molecule has 4 nitrogen and oxygen atoms in total. The summed E-state index contributed by atoms with van der Waals surface area (Å²) in [5.74, 6) is 0. The minimum atomic E-state index is 0.639. The minimum Gasteiger partial charge on any atom is -0.330 e. The molecule has 0 aliphatic rings. The van der Waals surface area contributed by atoms with Gasteiger partial charge in [-0.2, -0.15) is 0 Å². The fraction of sp³-hybridized carbons (Fsp3) is 0.231. The Morgan fingerprint density at radius 3 is 2.83 bits per heavy atom. The number of rotatable bonds is 3. The van der Waals surface area contributed by atoms with Gasteiger partial charge in [-0.3, -0.25) is 9.38 Å². The molecule has 0 bridgehead atoms. The smallest absolute Gasteiger partial charge is 0.194 e. The summed E-state index contributed by atoms with van der Waals surface area (Å²) in [5, 5.41) is 2.14. The van der Waals surface area contributed by atoms with Crippen LogP contribution in [0.5, 0.6) is 0 Å². The number of fused-ring (bicyclic) bond motifs is 1.